The third-order valence-electron chi connectivity index (χ3n) is 3.15. The van der Waals surface area contributed by atoms with Gasteiger partial charge in [0, 0.05) is 13.1 Å². The Balaban J connectivity index is 2.63. The Morgan fingerprint density at radius 3 is 2.43 bits per heavy atom. The molecule has 0 bridgehead atoms. The van der Waals surface area contributed by atoms with Gasteiger partial charge in [-0.25, -0.2) is 12.7 Å². The normalized spacial score (nSPS) is 30.5. The van der Waals surface area contributed by atoms with Gasteiger partial charge in [-0.05, 0) is 24.7 Å². The third-order valence-corrected chi connectivity index (χ3v) is 5.19. The van der Waals surface area contributed by atoms with Crippen molar-refractivity contribution < 1.29 is 8.42 Å². The molecular weight excluding hydrogens is 198 g/mol. The van der Waals surface area contributed by atoms with Crippen molar-refractivity contribution in [1.29, 1.82) is 0 Å². The number of hydrogen-bond acceptors (Lipinski definition) is 2. The van der Waals surface area contributed by atoms with Crippen LogP contribution in [0.4, 0.5) is 0 Å². The molecule has 1 aliphatic rings. The minimum absolute atomic E-state index is 0.300. The highest BCUT2D eigenvalue weighted by Crippen LogP contribution is 2.24. The van der Waals surface area contributed by atoms with Crippen LogP contribution in [-0.2, 0) is 10.0 Å². The van der Waals surface area contributed by atoms with Gasteiger partial charge in [-0.2, -0.15) is 0 Å². The zero-order valence-electron chi connectivity index (χ0n) is 9.36. The van der Waals surface area contributed by atoms with Crippen LogP contribution in [0.15, 0.2) is 0 Å². The number of hydrogen-bond donors (Lipinski definition) is 0. The van der Waals surface area contributed by atoms with Crippen LogP contribution in [0.25, 0.3) is 0 Å². The highest BCUT2D eigenvalue weighted by atomic mass is 32.2. The predicted octanol–water partition coefficient (Wildman–Crippen LogP) is 1.70. The van der Waals surface area contributed by atoms with Crippen LogP contribution in [0.2, 0.25) is 0 Å². The van der Waals surface area contributed by atoms with Crippen LogP contribution in [0.3, 0.4) is 0 Å². The summed E-state index contributed by atoms with van der Waals surface area (Å²) in [6, 6.07) is 0. The smallest absolute Gasteiger partial charge is 0.212 e. The molecule has 0 aliphatic carbocycles. The van der Waals surface area contributed by atoms with Crippen molar-refractivity contribution >= 4 is 10.0 Å². The SMILES string of the molecule is CCCS(=O)(=O)N1CCC(C)C(C)C1. The maximum absolute atomic E-state index is 11.8. The van der Waals surface area contributed by atoms with Crippen LogP contribution < -0.4 is 0 Å². The van der Waals surface area contributed by atoms with E-state index in [4.69, 9.17) is 0 Å². The maximum atomic E-state index is 11.8. The first-order chi connectivity index (χ1) is 6.47. The number of rotatable bonds is 3. The molecular formula is C10H21NO2S. The molecule has 1 heterocycles. The average Bonchev–Trinajstić information content (AvgIpc) is 2.09. The number of piperidine rings is 1. The fraction of sp³-hybridized carbons (Fsp3) is 1.00. The van der Waals surface area contributed by atoms with Crippen molar-refractivity contribution in [3.05, 3.63) is 0 Å². The van der Waals surface area contributed by atoms with Crippen molar-refractivity contribution in [2.45, 2.75) is 33.6 Å². The molecule has 2 atom stereocenters. The van der Waals surface area contributed by atoms with Crippen molar-refractivity contribution in [2.75, 3.05) is 18.8 Å². The summed E-state index contributed by atoms with van der Waals surface area (Å²) in [6.45, 7) is 7.68. The molecule has 84 valence electrons. The topological polar surface area (TPSA) is 37.4 Å². The summed E-state index contributed by atoms with van der Waals surface area (Å²) in [5, 5.41) is 0. The average molecular weight is 219 g/mol. The van der Waals surface area contributed by atoms with E-state index in [2.05, 4.69) is 13.8 Å². The Kier molecular flexibility index (Phi) is 3.95. The Hall–Kier alpha value is -0.0900. The summed E-state index contributed by atoms with van der Waals surface area (Å²) in [6.07, 6.45) is 1.72. The van der Waals surface area contributed by atoms with Crippen LogP contribution in [-0.4, -0.2) is 31.6 Å². The molecule has 1 fully saturated rings. The molecule has 0 aromatic carbocycles. The molecule has 4 heteroatoms. The molecule has 0 amide bonds. The van der Waals surface area contributed by atoms with Crippen molar-refractivity contribution in [3.63, 3.8) is 0 Å². The lowest BCUT2D eigenvalue weighted by Crippen LogP contribution is -2.43. The van der Waals surface area contributed by atoms with E-state index in [0.717, 1.165) is 6.42 Å². The van der Waals surface area contributed by atoms with Gasteiger partial charge in [0.05, 0.1) is 5.75 Å². The molecule has 1 rings (SSSR count). The van der Waals surface area contributed by atoms with Gasteiger partial charge in [-0.3, -0.25) is 0 Å². The maximum Gasteiger partial charge on any atom is 0.214 e. The quantitative estimate of drug-likeness (QED) is 0.724. The lowest BCUT2D eigenvalue weighted by molar-refractivity contribution is 0.212. The second-order valence-electron chi connectivity index (χ2n) is 4.42. The minimum Gasteiger partial charge on any atom is -0.212 e. The zero-order valence-corrected chi connectivity index (χ0v) is 10.2. The first-order valence-corrected chi connectivity index (χ1v) is 7.06. The molecule has 0 saturated carbocycles. The molecule has 1 aliphatic heterocycles. The number of sulfonamides is 1. The standard InChI is InChI=1S/C10H21NO2S/c1-4-7-14(12,13)11-6-5-9(2)10(3)8-11/h9-10H,4-8H2,1-3H3. The van der Waals surface area contributed by atoms with Gasteiger partial charge in [0.1, 0.15) is 0 Å². The predicted molar refractivity (Wildman–Crippen MR) is 58.6 cm³/mol. The van der Waals surface area contributed by atoms with Crippen LogP contribution >= 0.6 is 0 Å². The van der Waals surface area contributed by atoms with Crippen LogP contribution in [0, 0.1) is 11.8 Å². The zero-order chi connectivity index (χ0) is 10.8. The highest BCUT2D eigenvalue weighted by molar-refractivity contribution is 7.89. The molecule has 0 radical (unpaired) electrons. The van der Waals surface area contributed by atoms with Gasteiger partial charge >= 0.3 is 0 Å². The summed E-state index contributed by atoms with van der Waals surface area (Å²) in [5.74, 6) is 1.45. The van der Waals surface area contributed by atoms with Gasteiger partial charge in [0.15, 0.2) is 0 Å². The van der Waals surface area contributed by atoms with Crippen LogP contribution in [0.5, 0.6) is 0 Å². The largest absolute Gasteiger partial charge is 0.214 e. The first-order valence-electron chi connectivity index (χ1n) is 5.45. The minimum atomic E-state index is -2.96. The first kappa shape index (κ1) is 12.0. The fourth-order valence-corrected chi connectivity index (χ4v) is 3.48. The third kappa shape index (κ3) is 2.70. The Labute approximate surface area is 87.5 Å². The summed E-state index contributed by atoms with van der Waals surface area (Å²) in [7, 11) is -2.96. The Morgan fingerprint density at radius 1 is 1.29 bits per heavy atom. The Morgan fingerprint density at radius 2 is 1.93 bits per heavy atom. The van der Waals surface area contributed by atoms with Crippen molar-refractivity contribution in [2.24, 2.45) is 11.8 Å². The molecule has 0 N–H and O–H groups in total. The van der Waals surface area contributed by atoms with Crippen molar-refractivity contribution in [1.82, 2.24) is 4.31 Å². The van der Waals surface area contributed by atoms with E-state index < -0.39 is 10.0 Å². The highest BCUT2D eigenvalue weighted by Gasteiger charge is 2.29. The van der Waals surface area contributed by atoms with Gasteiger partial charge < -0.3 is 0 Å². The summed E-state index contributed by atoms with van der Waals surface area (Å²) in [4.78, 5) is 0. The van der Waals surface area contributed by atoms with E-state index in [9.17, 15) is 8.42 Å². The van der Waals surface area contributed by atoms with Gasteiger partial charge in [-0.15, -0.1) is 0 Å². The van der Waals surface area contributed by atoms with Gasteiger partial charge in [0.25, 0.3) is 0 Å². The van der Waals surface area contributed by atoms with Gasteiger partial charge in [-0.1, -0.05) is 20.8 Å². The van der Waals surface area contributed by atoms with E-state index in [0.29, 0.717) is 37.1 Å². The monoisotopic (exact) mass is 219 g/mol. The van der Waals surface area contributed by atoms with Crippen LogP contribution in [0.1, 0.15) is 33.6 Å². The molecule has 14 heavy (non-hydrogen) atoms. The lowest BCUT2D eigenvalue weighted by Gasteiger charge is -2.34. The molecule has 0 aromatic heterocycles. The van der Waals surface area contributed by atoms with E-state index in [1.807, 2.05) is 6.92 Å². The molecule has 1 saturated heterocycles. The van der Waals surface area contributed by atoms with Gasteiger partial charge in [0.2, 0.25) is 10.0 Å². The van der Waals surface area contributed by atoms with Crippen molar-refractivity contribution in [3.8, 4) is 0 Å². The van der Waals surface area contributed by atoms with E-state index in [-0.39, 0.29) is 0 Å². The molecule has 2 unspecified atom stereocenters. The molecule has 0 spiro atoms. The van der Waals surface area contributed by atoms with E-state index in [1.54, 1.807) is 4.31 Å². The second-order valence-corrected chi connectivity index (χ2v) is 6.51. The fourth-order valence-electron chi connectivity index (χ4n) is 1.86. The molecule has 0 aromatic rings. The summed E-state index contributed by atoms with van der Waals surface area (Å²) in [5.41, 5.74) is 0. The second kappa shape index (κ2) is 4.62. The van der Waals surface area contributed by atoms with E-state index >= 15 is 0 Å². The summed E-state index contributed by atoms with van der Waals surface area (Å²) < 4.78 is 25.2. The van der Waals surface area contributed by atoms with E-state index in [1.165, 1.54) is 0 Å². The number of nitrogens with zero attached hydrogens (tertiary/aromatic N) is 1. The lowest BCUT2D eigenvalue weighted by atomic mass is 9.90. The Bertz CT molecular complexity index is 274. The summed E-state index contributed by atoms with van der Waals surface area (Å²) >= 11 is 0. The molecule has 3 nitrogen and oxygen atoms in total.